The molecule has 2 nitrogen and oxygen atoms in total. The van der Waals surface area contributed by atoms with E-state index >= 15 is 0 Å². The molecule has 0 fully saturated rings. The molecule has 92 valence electrons. The summed E-state index contributed by atoms with van der Waals surface area (Å²) in [4.78, 5) is 13.2. The average Bonchev–Trinajstić information content (AvgIpc) is 2.39. The molecule has 0 aliphatic heterocycles. The Morgan fingerprint density at radius 2 is 1.94 bits per heavy atom. The van der Waals surface area contributed by atoms with Gasteiger partial charge in [-0.05, 0) is 52.5 Å². The SMILES string of the molecule is CSc1cccc(NC(=O)c2ccccc2Br)c1. The molecule has 0 radical (unpaired) electrons. The first-order valence-electron chi connectivity index (χ1n) is 5.40. The Labute approximate surface area is 119 Å². The van der Waals surface area contributed by atoms with Crippen molar-refractivity contribution in [1.29, 1.82) is 0 Å². The lowest BCUT2D eigenvalue weighted by molar-refractivity contribution is 0.102. The van der Waals surface area contributed by atoms with E-state index in [-0.39, 0.29) is 5.91 Å². The molecule has 18 heavy (non-hydrogen) atoms. The number of benzene rings is 2. The third-order valence-electron chi connectivity index (χ3n) is 2.45. The van der Waals surface area contributed by atoms with E-state index in [0.29, 0.717) is 5.56 Å². The van der Waals surface area contributed by atoms with Gasteiger partial charge in [-0.3, -0.25) is 4.79 Å². The number of halogens is 1. The van der Waals surface area contributed by atoms with Gasteiger partial charge in [-0.1, -0.05) is 18.2 Å². The van der Waals surface area contributed by atoms with Gasteiger partial charge < -0.3 is 5.32 Å². The van der Waals surface area contributed by atoms with Crippen LogP contribution in [0.3, 0.4) is 0 Å². The van der Waals surface area contributed by atoms with Crippen LogP contribution in [0.4, 0.5) is 5.69 Å². The summed E-state index contributed by atoms with van der Waals surface area (Å²) in [5.74, 6) is -0.110. The maximum Gasteiger partial charge on any atom is 0.256 e. The predicted octanol–water partition coefficient (Wildman–Crippen LogP) is 4.42. The van der Waals surface area contributed by atoms with Crippen LogP contribution in [0, 0.1) is 0 Å². The molecular formula is C14H12BrNOS. The van der Waals surface area contributed by atoms with Crippen molar-refractivity contribution in [3.63, 3.8) is 0 Å². The van der Waals surface area contributed by atoms with Gasteiger partial charge in [0.05, 0.1) is 5.56 Å². The number of amides is 1. The van der Waals surface area contributed by atoms with E-state index in [9.17, 15) is 4.79 Å². The fraction of sp³-hybridized carbons (Fsp3) is 0.0714. The number of nitrogens with one attached hydrogen (secondary N) is 1. The minimum atomic E-state index is -0.110. The van der Waals surface area contributed by atoms with Crippen molar-refractivity contribution in [3.05, 3.63) is 58.6 Å². The molecule has 0 bridgehead atoms. The topological polar surface area (TPSA) is 29.1 Å². The molecule has 2 aromatic carbocycles. The highest BCUT2D eigenvalue weighted by Gasteiger charge is 2.09. The van der Waals surface area contributed by atoms with E-state index in [1.165, 1.54) is 0 Å². The normalized spacial score (nSPS) is 10.1. The second-order valence-electron chi connectivity index (χ2n) is 3.67. The van der Waals surface area contributed by atoms with Crippen LogP contribution in [0.25, 0.3) is 0 Å². The number of carbonyl (C=O) groups is 1. The lowest BCUT2D eigenvalue weighted by Gasteiger charge is -2.07. The minimum Gasteiger partial charge on any atom is -0.322 e. The van der Waals surface area contributed by atoms with Gasteiger partial charge in [-0.2, -0.15) is 0 Å². The Morgan fingerprint density at radius 3 is 2.67 bits per heavy atom. The number of carbonyl (C=O) groups excluding carboxylic acids is 1. The van der Waals surface area contributed by atoms with Crippen LogP contribution >= 0.6 is 27.7 Å². The lowest BCUT2D eigenvalue weighted by atomic mass is 10.2. The van der Waals surface area contributed by atoms with Crippen LogP contribution in [0.5, 0.6) is 0 Å². The molecule has 0 saturated carbocycles. The van der Waals surface area contributed by atoms with Crippen LogP contribution < -0.4 is 5.32 Å². The van der Waals surface area contributed by atoms with Gasteiger partial charge in [-0.25, -0.2) is 0 Å². The molecule has 0 aromatic heterocycles. The maximum atomic E-state index is 12.1. The monoisotopic (exact) mass is 321 g/mol. The largest absolute Gasteiger partial charge is 0.322 e. The van der Waals surface area contributed by atoms with Gasteiger partial charge in [0.15, 0.2) is 0 Å². The Morgan fingerprint density at radius 1 is 1.17 bits per heavy atom. The second-order valence-corrected chi connectivity index (χ2v) is 5.40. The molecule has 1 N–H and O–H groups in total. The third kappa shape index (κ3) is 3.15. The number of thioether (sulfide) groups is 1. The van der Waals surface area contributed by atoms with Crippen molar-refractivity contribution in [2.24, 2.45) is 0 Å². The van der Waals surface area contributed by atoms with E-state index in [0.717, 1.165) is 15.1 Å². The molecule has 2 rings (SSSR count). The van der Waals surface area contributed by atoms with Crippen LogP contribution in [-0.2, 0) is 0 Å². The molecule has 0 saturated heterocycles. The molecule has 0 atom stereocenters. The van der Waals surface area contributed by atoms with Gasteiger partial charge in [0.2, 0.25) is 0 Å². The lowest BCUT2D eigenvalue weighted by Crippen LogP contribution is -2.12. The number of rotatable bonds is 3. The number of hydrogen-bond donors (Lipinski definition) is 1. The van der Waals surface area contributed by atoms with Gasteiger partial charge in [-0.15, -0.1) is 11.8 Å². The predicted molar refractivity (Wildman–Crippen MR) is 80.3 cm³/mol. The quantitative estimate of drug-likeness (QED) is 0.848. The molecule has 0 heterocycles. The summed E-state index contributed by atoms with van der Waals surface area (Å²) in [7, 11) is 0. The van der Waals surface area contributed by atoms with Crippen molar-refractivity contribution in [3.8, 4) is 0 Å². The zero-order valence-electron chi connectivity index (χ0n) is 9.81. The second kappa shape index (κ2) is 6.07. The Bertz CT molecular complexity index is 571. The van der Waals surface area contributed by atoms with Gasteiger partial charge in [0.1, 0.15) is 0 Å². The molecule has 1 amide bonds. The summed E-state index contributed by atoms with van der Waals surface area (Å²) < 4.78 is 0.795. The molecule has 2 aromatic rings. The highest BCUT2D eigenvalue weighted by molar-refractivity contribution is 9.10. The fourth-order valence-corrected chi connectivity index (χ4v) is 2.47. The summed E-state index contributed by atoms with van der Waals surface area (Å²) >= 11 is 5.02. The van der Waals surface area contributed by atoms with Crippen molar-refractivity contribution >= 4 is 39.3 Å². The standard InChI is InChI=1S/C14H12BrNOS/c1-18-11-6-4-5-10(9-11)16-14(17)12-7-2-3-8-13(12)15/h2-9H,1H3,(H,16,17). The zero-order valence-corrected chi connectivity index (χ0v) is 12.2. The summed E-state index contributed by atoms with van der Waals surface area (Å²) in [5.41, 5.74) is 1.44. The van der Waals surface area contributed by atoms with E-state index in [4.69, 9.17) is 0 Å². The number of anilines is 1. The maximum absolute atomic E-state index is 12.1. The minimum absolute atomic E-state index is 0.110. The number of hydrogen-bond acceptors (Lipinski definition) is 2. The zero-order chi connectivity index (χ0) is 13.0. The van der Waals surface area contributed by atoms with Crippen LogP contribution in [0.15, 0.2) is 57.9 Å². The molecule has 0 spiro atoms. The Kier molecular flexibility index (Phi) is 4.44. The summed E-state index contributed by atoms with van der Waals surface area (Å²) in [6.45, 7) is 0. The third-order valence-corrected chi connectivity index (χ3v) is 3.86. The Hall–Kier alpha value is -1.26. The molecule has 4 heteroatoms. The van der Waals surface area contributed by atoms with Crippen molar-refractivity contribution in [2.75, 3.05) is 11.6 Å². The van der Waals surface area contributed by atoms with Crippen molar-refractivity contribution in [1.82, 2.24) is 0 Å². The van der Waals surface area contributed by atoms with E-state index in [2.05, 4.69) is 21.2 Å². The molecule has 0 unspecified atom stereocenters. The molecule has 0 aliphatic carbocycles. The van der Waals surface area contributed by atoms with Gasteiger partial charge in [0, 0.05) is 15.1 Å². The smallest absolute Gasteiger partial charge is 0.256 e. The summed E-state index contributed by atoms with van der Waals surface area (Å²) in [5, 5.41) is 2.89. The van der Waals surface area contributed by atoms with Crippen LogP contribution in [0.1, 0.15) is 10.4 Å². The van der Waals surface area contributed by atoms with Gasteiger partial charge in [0.25, 0.3) is 5.91 Å². The first-order chi connectivity index (χ1) is 8.70. The first kappa shape index (κ1) is 13.2. The highest BCUT2D eigenvalue weighted by atomic mass is 79.9. The fourth-order valence-electron chi connectivity index (χ4n) is 1.54. The van der Waals surface area contributed by atoms with Crippen LogP contribution in [-0.4, -0.2) is 12.2 Å². The first-order valence-corrected chi connectivity index (χ1v) is 7.42. The Balaban J connectivity index is 2.19. The average molecular weight is 322 g/mol. The van der Waals surface area contributed by atoms with E-state index in [1.807, 2.05) is 48.7 Å². The summed E-state index contributed by atoms with van der Waals surface area (Å²) in [6.07, 6.45) is 2.01. The molecule has 0 aliphatic rings. The van der Waals surface area contributed by atoms with Gasteiger partial charge >= 0.3 is 0 Å². The highest BCUT2D eigenvalue weighted by Crippen LogP contribution is 2.21. The van der Waals surface area contributed by atoms with Crippen molar-refractivity contribution in [2.45, 2.75) is 4.90 Å². The van der Waals surface area contributed by atoms with E-state index < -0.39 is 0 Å². The van der Waals surface area contributed by atoms with E-state index in [1.54, 1.807) is 17.8 Å². The van der Waals surface area contributed by atoms with Crippen molar-refractivity contribution < 1.29 is 4.79 Å². The van der Waals surface area contributed by atoms with Crippen LogP contribution in [0.2, 0.25) is 0 Å². The summed E-state index contributed by atoms with van der Waals surface area (Å²) in [6, 6.07) is 15.2. The molecular weight excluding hydrogens is 310 g/mol.